The second kappa shape index (κ2) is 5.36. The van der Waals surface area contributed by atoms with Gasteiger partial charge in [0.1, 0.15) is 5.78 Å². The third kappa shape index (κ3) is 4.59. The van der Waals surface area contributed by atoms with Crippen LogP contribution in [0, 0.1) is 0 Å². The van der Waals surface area contributed by atoms with E-state index >= 15 is 0 Å². The van der Waals surface area contributed by atoms with Gasteiger partial charge in [-0.2, -0.15) is 0 Å². The van der Waals surface area contributed by atoms with Crippen LogP contribution in [0.5, 0.6) is 0 Å². The number of hydrogen-bond donors (Lipinski definition) is 1. The maximum absolute atomic E-state index is 11.4. The van der Waals surface area contributed by atoms with E-state index < -0.39 is 5.91 Å². The fourth-order valence-corrected chi connectivity index (χ4v) is 1.04. The Morgan fingerprint density at radius 2 is 1.79 bits per heavy atom. The summed E-state index contributed by atoms with van der Waals surface area (Å²) in [6.07, 6.45) is -0.175. The number of ketones is 1. The molecule has 80 valence electrons. The predicted octanol–water partition coefficient (Wildman–Crippen LogP) is -0.312. The molecule has 0 aliphatic carbocycles. The largest absolute Gasteiger partial charge is 0.368 e. The normalized spacial score (nSPS) is 10.0. The molecule has 2 amide bonds. The molecule has 0 aliphatic rings. The standard InChI is InChI=1S/C9H16N2O3/c1-6(2)11(5-8(10)13)9(14)4-7(3)12/h6H,4-5H2,1-3H3,(H2,10,13). The van der Waals surface area contributed by atoms with Crippen molar-refractivity contribution in [3.8, 4) is 0 Å². The number of amides is 2. The minimum Gasteiger partial charge on any atom is -0.368 e. The monoisotopic (exact) mass is 200 g/mol. The highest BCUT2D eigenvalue weighted by Crippen LogP contribution is 2.01. The maximum atomic E-state index is 11.4. The van der Waals surface area contributed by atoms with Crippen LogP contribution in [-0.2, 0) is 14.4 Å². The molecule has 0 heterocycles. The lowest BCUT2D eigenvalue weighted by Gasteiger charge is -2.24. The molecule has 0 aromatic heterocycles. The van der Waals surface area contributed by atoms with Crippen LogP contribution in [0.1, 0.15) is 27.2 Å². The van der Waals surface area contributed by atoms with Gasteiger partial charge in [0.25, 0.3) is 0 Å². The van der Waals surface area contributed by atoms with Crippen LogP contribution in [0.2, 0.25) is 0 Å². The minimum atomic E-state index is -0.574. The molecular formula is C9H16N2O3. The molecule has 14 heavy (non-hydrogen) atoms. The van der Waals surface area contributed by atoms with Gasteiger partial charge < -0.3 is 10.6 Å². The third-order valence-electron chi connectivity index (χ3n) is 1.67. The van der Waals surface area contributed by atoms with Gasteiger partial charge in [0.05, 0.1) is 13.0 Å². The average Bonchev–Trinajstić information content (AvgIpc) is 1.97. The Labute approximate surface area is 83.2 Å². The molecule has 0 saturated carbocycles. The zero-order valence-corrected chi connectivity index (χ0v) is 8.74. The molecular weight excluding hydrogens is 184 g/mol. The molecule has 0 radical (unpaired) electrons. The van der Waals surface area contributed by atoms with Crippen LogP contribution in [0.3, 0.4) is 0 Å². The summed E-state index contributed by atoms with van der Waals surface area (Å²) >= 11 is 0. The van der Waals surface area contributed by atoms with Crippen LogP contribution in [0.25, 0.3) is 0 Å². The zero-order chi connectivity index (χ0) is 11.3. The second-order valence-corrected chi connectivity index (χ2v) is 3.46. The molecule has 0 spiro atoms. The van der Waals surface area contributed by atoms with Crippen LogP contribution in [0.4, 0.5) is 0 Å². The molecule has 0 unspecified atom stereocenters. The molecule has 0 aromatic rings. The first kappa shape index (κ1) is 12.6. The molecule has 0 rings (SSSR count). The molecule has 0 bridgehead atoms. The Bertz CT molecular complexity index is 248. The van der Waals surface area contributed by atoms with E-state index in [-0.39, 0.29) is 30.7 Å². The van der Waals surface area contributed by atoms with E-state index in [1.54, 1.807) is 13.8 Å². The lowest BCUT2D eigenvalue weighted by molar-refractivity contribution is -0.139. The number of nitrogens with two attached hydrogens (primary N) is 1. The van der Waals surface area contributed by atoms with E-state index in [1.807, 2.05) is 0 Å². The SMILES string of the molecule is CC(=O)CC(=O)N(CC(N)=O)C(C)C. The first-order valence-electron chi connectivity index (χ1n) is 4.41. The molecule has 0 aliphatic heterocycles. The maximum Gasteiger partial charge on any atom is 0.237 e. The van der Waals surface area contributed by atoms with Gasteiger partial charge >= 0.3 is 0 Å². The summed E-state index contributed by atoms with van der Waals surface area (Å²) < 4.78 is 0. The highest BCUT2D eigenvalue weighted by molar-refractivity contribution is 5.98. The zero-order valence-electron chi connectivity index (χ0n) is 8.74. The first-order valence-corrected chi connectivity index (χ1v) is 4.41. The van der Waals surface area contributed by atoms with Crippen LogP contribution in [0.15, 0.2) is 0 Å². The molecule has 0 saturated heterocycles. The summed E-state index contributed by atoms with van der Waals surface area (Å²) in [6, 6.07) is -0.130. The fraction of sp³-hybridized carbons (Fsp3) is 0.667. The number of hydrogen-bond acceptors (Lipinski definition) is 3. The number of Topliss-reactive ketones (excluding diaryl/α,β-unsaturated/α-hetero) is 1. The Kier molecular flexibility index (Phi) is 4.83. The van der Waals surface area contributed by atoms with E-state index in [0.717, 1.165) is 0 Å². The molecule has 2 N–H and O–H groups in total. The van der Waals surface area contributed by atoms with Gasteiger partial charge in [0.2, 0.25) is 11.8 Å². The Morgan fingerprint density at radius 1 is 1.29 bits per heavy atom. The molecule has 5 nitrogen and oxygen atoms in total. The summed E-state index contributed by atoms with van der Waals surface area (Å²) in [7, 11) is 0. The van der Waals surface area contributed by atoms with Gasteiger partial charge in [-0.15, -0.1) is 0 Å². The van der Waals surface area contributed by atoms with Crippen molar-refractivity contribution >= 4 is 17.6 Å². The summed E-state index contributed by atoms with van der Waals surface area (Å²) in [5.74, 6) is -1.15. The molecule has 0 aromatic carbocycles. The smallest absolute Gasteiger partial charge is 0.237 e. The van der Waals surface area contributed by atoms with Crippen molar-refractivity contribution < 1.29 is 14.4 Å². The van der Waals surface area contributed by atoms with E-state index in [0.29, 0.717) is 0 Å². The first-order chi connectivity index (χ1) is 6.34. The molecule has 0 atom stereocenters. The van der Waals surface area contributed by atoms with Gasteiger partial charge in [-0.25, -0.2) is 0 Å². The summed E-state index contributed by atoms with van der Waals surface area (Å²) in [5.41, 5.74) is 4.98. The Balaban J connectivity index is 4.41. The van der Waals surface area contributed by atoms with Crippen molar-refractivity contribution in [2.24, 2.45) is 5.73 Å². The van der Waals surface area contributed by atoms with E-state index in [9.17, 15) is 14.4 Å². The van der Waals surface area contributed by atoms with Gasteiger partial charge in [0, 0.05) is 6.04 Å². The van der Waals surface area contributed by atoms with Gasteiger partial charge in [-0.05, 0) is 20.8 Å². The quantitative estimate of drug-likeness (QED) is 0.618. The highest BCUT2D eigenvalue weighted by atomic mass is 16.2. The van der Waals surface area contributed by atoms with E-state index in [2.05, 4.69) is 0 Å². The Hall–Kier alpha value is -1.39. The number of carbonyl (C=O) groups excluding carboxylic acids is 3. The summed E-state index contributed by atoms with van der Waals surface area (Å²) in [4.78, 5) is 34.1. The lowest BCUT2D eigenvalue weighted by Crippen LogP contribution is -2.43. The van der Waals surface area contributed by atoms with Gasteiger partial charge in [-0.1, -0.05) is 0 Å². The van der Waals surface area contributed by atoms with Crippen molar-refractivity contribution in [3.05, 3.63) is 0 Å². The number of primary amides is 1. The van der Waals surface area contributed by atoms with Crippen LogP contribution < -0.4 is 5.73 Å². The minimum absolute atomic E-state index is 0.130. The number of carbonyl (C=O) groups is 3. The summed E-state index contributed by atoms with van der Waals surface area (Å²) in [6.45, 7) is 4.73. The van der Waals surface area contributed by atoms with Crippen molar-refractivity contribution in [2.45, 2.75) is 33.2 Å². The molecule has 5 heteroatoms. The number of nitrogens with zero attached hydrogens (tertiary/aromatic N) is 1. The fourth-order valence-electron chi connectivity index (χ4n) is 1.04. The second-order valence-electron chi connectivity index (χ2n) is 3.46. The average molecular weight is 200 g/mol. The van der Waals surface area contributed by atoms with Crippen LogP contribution >= 0.6 is 0 Å². The lowest BCUT2D eigenvalue weighted by atomic mass is 10.2. The molecule has 0 fully saturated rings. The summed E-state index contributed by atoms with van der Waals surface area (Å²) in [5, 5.41) is 0. The van der Waals surface area contributed by atoms with Crippen molar-refractivity contribution in [1.29, 1.82) is 0 Å². The van der Waals surface area contributed by atoms with E-state index in [1.165, 1.54) is 11.8 Å². The van der Waals surface area contributed by atoms with Crippen LogP contribution in [-0.4, -0.2) is 35.1 Å². The Morgan fingerprint density at radius 3 is 2.07 bits per heavy atom. The van der Waals surface area contributed by atoms with E-state index in [4.69, 9.17) is 5.73 Å². The van der Waals surface area contributed by atoms with Gasteiger partial charge in [-0.3, -0.25) is 14.4 Å². The van der Waals surface area contributed by atoms with Gasteiger partial charge in [0.15, 0.2) is 0 Å². The topological polar surface area (TPSA) is 80.5 Å². The van der Waals surface area contributed by atoms with Crippen molar-refractivity contribution in [1.82, 2.24) is 4.90 Å². The van der Waals surface area contributed by atoms with Crippen molar-refractivity contribution in [3.63, 3.8) is 0 Å². The predicted molar refractivity (Wildman–Crippen MR) is 51.3 cm³/mol. The number of rotatable bonds is 5. The van der Waals surface area contributed by atoms with Crippen molar-refractivity contribution in [2.75, 3.05) is 6.54 Å². The highest BCUT2D eigenvalue weighted by Gasteiger charge is 2.19. The third-order valence-corrected chi connectivity index (χ3v) is 1.67.